The first-order valence-corrected chi connectivity index (χ1v) is 6.29. The Kier molecular flexibility index (Phi) is 4.15. The van der Waals surface area contributed by atoms with Gasteiger partial charge in [-0.15, -0.1) is 0 Å². The topological polar surface area (TPSA) is 48.5 Å². The van der Waals surface area contributed by atoms with Crippen LogP contribution in [0.5, 0.6) is 0 Å². The van der Waals surface area contributed by atoms with Crippen molar-refractivity contribution in [3.05, 3.63) is 23.9 Å². The molecule has 0 unspecified atom stereocenters. The highest BCUT2D eigenvalue weighted by Gasteiger charge is 2.17. The molecule has 5 nitrogen and oxygen atoms in total. The van der Waals surface area contributed by atoms with Gasteiger partial charge in [-0.25, -0.2) is 4.98 Å². The van der Waals surface area contributed by atoms with Crippen LogP contribution in [0.3, 0.4) is 0 Å². The van der Waals surface area contributed by atoms with Gasteiger partial charge in [0, 0.05) is 39.4 Å². The molecule has 1 aromatic heterocycles. The van der Waals surface area contributed by atoms with Crippen molar-refractivity contribution in [3.63, 3.8) is 0 Å². The average molecular weight is 248 g/mol. The van der Waals surface area contributed by atoms with Crippen molar-refractivity contribution in [2.24, 2.45) is 0 Å². The number of aromatic nitrogens is 1. The van der Waals surface area contributed by atoms with Gasteiger partial charge in [0.05, 0.1) is 6.54 Å². The first-order valence-electron chi connectivity index (χ1n) is 6.29. The zero-order valence-electron chi connectivity index (χ0n) is 11.0. The Hall–Kier alpha value is -1.62. The van der Waals surface area contributed by atoms with E-state index in [0.29, 0.717) is 6.54 Å². The largest absolute Gasteiger partial charge is 0.350 e. The van der Waals surface area contributed by atoms with Crippen LogP contribution in [0.15, 0.2) is 18.3 Å². The summed E-state index contributed by atoms with van der Waals surface area (Å²) in [5.74, 6) is 1.01. The number of hydrogen-bond donors (Lipinski definition) is 1. The summed E-state index contributed by atoms with van der Waals surface area (Å²) < 4.78 is 0. The number of nitrogens with one attached hydrogen (secondary N) is 1. The van der Waals surface area contributed by atoms with E-state index in [1.165, 1.54) is 0 Å². The monoisotopic (exact) mass is 248 g/mol. The summed E-state index contributed by atoms with van der Waals surface area (Å²) in [7, 11) is 1.90. The van der Waals surface area contributed by atoms with Gasteiger partial charge in [0.2, 0.25) is 5.91 Å². The highest BCUT2D eigenvalue weighted by atomic mass is 16.2. The fourth-order valence-electron chi connectivity index (χ4n) is 1.98. The number of hydrogen-bond acceptors (Lipinski definition) is 4. The molecule has 0 atom stereocenters. The van der Waals surface area contributed by atoms with Gasteiger partial charge in [-0.05, 0) is 18.6 Å². The van der Waals surface area contributed by atoms with Gasteiger partial charge in [0.1, 0.15) is 5.82 Å². The van der Waals surface area contributed by atoms with Crippen molar-refractivity contribution < 1.29 is 4.79 Å². The summed E-state index contributed by atoms with van der Waals surface area (Å²) in [5, 5.41) is 3.24. The Labute approximate surface area is 108 Å². The summed E-state index contributed by atoms with van der Waals surface area (Å²) in [6.07, 6.45) is 1.82. The summed E-state index contributed by atoms with van der Waals surface area (Å²) in [5.41, 5.74) is 1.13. The summed E-state index contributed by atoms with van der Waals surface area (Å²) in [4.78, 5) is 20.2. The van der Waals surface area contributed by atoms with Crippen LogP contribution in [0.2, 0.25) is 0 Å². The van der Waals surface area contributed by atoms with Gasteiger partial charge in [-0.2, -0.15) is 0 Å². The standard InChI is InChI=1S/C13H20N4O/c1-11-3-4-12(15-9-11)16(2)10-13(18)17-7-5-14-6-8-17/h3-4,9,14H,5-8,10H2,1-2H3. The van der Waals surface area contributed by atoms with E-state index in [-0.39, 0.29) is 5.91 Å². The molecule has 1 aliphatic heterocycles. The highest BCUT2D eigenvalue weighted by molar-refractivity contribution is 5.81. The molecule has 18 heavy (non-hydrogen) atoms. The molecule has 1 aliphatic rings. The van der Waals surface area contributed by atoms with Crippen LogP contribution < -0.4 is 10.2 Å². The molecule has 2 rings (SSSR count). The number of carbonyl (C=O) groups is 1. The number of carbonyl (C=O) groups excluding carboxylic acids is 1. The van der Waals surface area contributed by atoms with Crippen LogP contribution in [0.1, 0.15) is 5.56 Å². The van der Waals surface area contributed by atoms with Crippen LogP contribution >= 0.6 is 0 Å². The third-order valence-corrected chi connectivity index (χ3v) is 3.13. The average Bonchev–Trinajstić information content (AvgIpc) is 2.40. The third kappa shape index (κ3) is 3.20. The molecule has 0 bridgehead atoms. The first-order chi connectivity index (χ1) is 8.66. The second-order valence-electron chi connectivity index (χ2n) is 4.68. The molecule has 1 N–H and O–H groups in total. The van der Waals surface area contributed by atoms with Gasteiger partial charge in [0.15, 0.2) is 0 Å². The first kappa shape index (κ1) is 12.8. The Balaban J connectivity index is 1.91. The number of amides is 1. The lowest BCUT2D eigenvalue weighted by Gasteiger charge is -2.29. The quantitative estimate of drug-likeness (QED) is 0.833. The zero-order valence-corrected chi connectivity index (χ0v) is 11.0. The van der Waals surface area contributed by atoms with Crippen molar-refractivity contribution in [2.75, 3.05) is 44.7 Å². The summed E-state index contributed by atoms with van der Waals surface area (Å²) in [6, 6.07) is 3.95. The minimum atomic E-state index is 0.168. The SMILES string of the molecule is Cc1ccc(N(C)CC(=O)N2CCNCC2)nc1. The molecule has 1 amide bonds. The molecule has 0 aromatic carbocycles. The van der Waals surface area contributed by atoms with Crippen LogP contribution in [-0.4, -0.2) is 55.6 Å². The van der Waals surface area contributed by atoms with Gasteiger partial charge in [-0.3, -0.25) is 4.79 Å². The molecule has 0 spiro atoms. The summed E-state index contributed by atoms with van der Waals surface area (Å²) >= 11 is 0. The lowest BCUT2D eigenvalue weighted by atomic mass is 10.3. The lowest BCUT2D eigenvalue weighted by Crippen LogP contribution is -2.49. The number of aryl methyl sites for hydroxylation is 1. The fourth-order valence-corrected chi connectivity index (χ4v) is 1.98. The highest BCUT2D eigenvalue weighted by Crippen LogP contribution is 2.09. The third-order valence-electron chi connectivity index (χ3n) is 3.13. The number of rotatable bonds is 3. The van der Waals surface area contributed by atoms with Gasteiger partial charge in [0.25, 0.3) is 0 Å². The van der Waals surface area contributed by atoms with E-state index in [9.17, 15) is 4.79 Å². The molecule has 1 saturated heterocycles. The molecule has 98 valence electrons. The molecular formula is C13H20N4O. The maximum absolute atomic E-state index is 12.1. The zero-order chi connectivity index (χ0) is 13.0. The molecule has 5 heteroatoms. The smallest absolute Gasteiger partial charge is 0.242 e. The van der Waals surface area contributed by atoms with Crippen molar-refractivity contribution in [2.45, 2.75) is 6.92 Å². The lowest BCUT2D eigenvalue weighted by molar-refractivity contribution is -0.130. The second kappa shape index (κ2) is 5.82. The predicted molar refractivity (Wildman–Crippen MR) is 71.7 cm³/mol. The van der Waals surface area contributed by atoms with Crippen molar-refractivity contribution in [1.29, 1.82) is 0 Å². The Morgan fingerprint density at radius 3 is 2.78 bits per heavy atom. The van der Waals surface area contributed by atoms with E-state index in [0.717, 1.165) is 37.6 Å². The molecule has 0 saturated carbocycles. The van der Waals surface area contributed by atoms with Gasteiger partial charge < -0.3 is 15.1 Å². The minimum Gasteiger partial charge on any atom is -0.350 e. The van der Waals surface area contributed by atoms with E-state index < -0.39 is 0 Å². The maximum atomic E-state index is 12.1. The number of likely N-dealkylation sites (N-methyl/N-ethyl adjacent to an activating group) is 1. The maximum Gasteiger partial charge on any atom is 0.242 e. The fraction of sp³-hybridized carbons (Fsp3) is 0.538. The van der Waals surface area contributed by atoms with E-state index in [1.54, 1.807) is 0 Å². The molecule has 0 aliphatic carbocycles. The molecule has 1 aromatic rings. The van der Waals surface area contributed by atoms with E-state index in [2.05, 4.69) is 10.3 Å². The number of pyridine rings is 1. The Morgan fingerprint density at radius 1 is 1.44 bits per heavy atom. The van der Waals surface area contributed by atoms with E-state index in [4.69, 9.17) is 0 Å². The Bertz CT molecular complexity index is 398. The molecular weight excluding hydrogens is 228 g/mol. The molecule has 2 heterocycles. The van der Waals surface area contributed by atoms with E-state index in [1.807, 2.05) is 42.1 Å². The number of nitrogens with zero attached hydrogens (tertiary/aromatic N) is 3. The minimum absolute atomic E-state index is 0.168. The normalized spacial score (nSPS) is 15.6. The van der Waals surface area contributed by atoms with Gasteiger partial charge >= 0.3 is 0 Å². The predicted octanol–water partition coefficient (Wildman–Crippen LogP) is 0.258. The van der Waals surface area contributed by atoms with E-state index >= 15 is 0 Å². The number of anilines is 1. The second-order valence-corrected chi connectivity index (χ2v) is 4.68. The van der Waals surface area contributed by atoms with Crippen molar-refractivity contribution in [1.82, 2.24) is 15.2 Å². The molecule has 0 radical (unpaired) electrons. The Morgan fingerprint density at radius 2 is 2.17 bits per heavy atom. The summed E-state index contributed by atoms with van der Waals surface area (Å²) in [6.45, 7) is 5.76. The van der Waals surface area contributed by atoms with Crippen molar-refractivity contribution in [3.8, 4) is 0 Å². The van der Waals surface area contributed by atoms with Crippen molar-refractivity contribution >= 4 is 11.7 Å². The molecule has 1 fully saturated rings. The van der Waals surface area contributed by atoms with Crippen LogP contribution in [0, 0.1) is 6.92 Å². The van der Waals surface area contributed by atoms with Crippen LogP contribution in [-0.2, 0) is 4.79 Å². The van der Waals surface area contributed by atoms with Crippen LogP contribution in [0.25, 0.3) is 0 Å². The van der Waals surface area contributed by atoms with Gasteiger partial charge in [-0.1, -0.05) is 6.07 Å². The van der Waals surface area contributed by atoms with Crippen LogP contribution in [0.4, 0.5) is 5.82 Å². The number of piperazine rings is 1.